The monoisotopic (exact) mass is 511 g/mol. The highest BCUT2D eigenvalue weighted by atomic mass is 16.5. The molecule has 2 aliphatic heterocycles. The van der Waals surface area contributed by atoms with Crippen molar-refractivity contribution in [2.45, 2.75) is 50.9 Å². The third-order valence-corrected chi connectivity index (χ3v) is 7.23. The Kier molecular flexibility index (Phi) is 10.0. The van der Waals surface area contributed by atoms with E-state index in [-0.39, 0.29) is 17.9 Å². The third kappa shape index (κ3) is 7.60. The van der Waals surface area contributed by atoms with Crippen LogP contribution in [-0.4, -0.2) is 71.7 Å². The van der Waals surface area contributed by atoms with Gasteiger partial charge >= 0.3 is 0 Å². The van der Waals surface area contributed by atoms with Gasteiger partial charge in [0.05, 0.1) is 32.1 Å². The van der Waals surface area contributed by atoms with Crippen molar-refractivity contribution in [1.29, 1.82) is 0 Å². The Labute approximate surface area is 220 Å². The van der Waals surface area contributed by atoms with Gasteiger partial charge in [-0.3, -0.25) is 4.79 Å². The molecule has 2 aromatic carbocycles. The van der Waals surface area contributed by atoms with Crippen LogP contribution in [0.25, 0.3) is 0 Å². The van der Waals surface area contributed by atoms with Crippen LogP contribution in [0.15, 0.2) is 42.5 Å². The molecule has 2 aliphatic rings. The minimum Gasteiger partial charge on any atom is -0.497 e. The van der Waals surface area contributed by atoms with Crippen molar-refractivity contribution in [1.82, 2.24) is 10.6 Å². The highest BCUT2D eigenvalue weighted by Crippen LogP contribution is 2.35. The lowest BCUT2D eigenvalue weighted by Gasteiger charge is -2.37. The van der Waals surface area contributed by atoms with Gasteiger partial charge in [-0.05, 0) is 54.7 Å². The minimum atomic E-state index is 0.0106. The number of rotatable bonds is 12. The second-order valence-electron chi connectivity index (χ2n) is 9.83. The molecular formula is C29H41N3O5. The Balaban J connectivity index is 1.43. The summed E-state index contributed by atoms with van der Waals surface area (Å²) in [6.07, 6.45) is 2.86. The maximum absolute atomic E-state index is 11.3. The van der Waals surface area contributed by atoms with E-state index in [0.29, 0.717) is 25.8 Å². The van der Waals surface area contributed by atoms with E-state index in [0.717, 1.165) is 68.3 Å². The number of methoxy groups -OCH3 is 2. The van der Waals surface area contributed by atoms with Crippen molar-refractivity contribution < 1.29 is 23.7 Å². The summed E-state index contributed by atoms with van der Waals surface area (Å²) in [5.41, 5.74) is 3.53. The molecule has 2 heterocycles. The number of amides is 1. The number of carbonyl (C=O) groups excluding carboxylic acids is 1. The van der Waals surface area contributed by atoms with Gasteiger partial charge in [-0.15, -0.1) is 0 Å². The molecule has 202 valence electrons. The Morgan fingerprint density at radius 2 is 2.03 bits per heavy atom. The average Bonchev–Trinajstić information content (AvgIpc) is 2.92. The van der Waals surface area contributed by atoms with E-state index in [4.69, 9.17) is 18.9 Å². The van der Waals surface area contributed by atoms with E-state index in [2.05, 4.69) is 45.9 Å². The van der Waals surface area contributed by atoms with Crippen LogP contribution in [0.5, 0.6) is 11.5 Å². The van der Waals surface area contributed by atoms with E-state index in [1.165, 1.54) is 5.56 Å². The molecule has 0 aromatic heterocycles. The summed E-state index contributed by atoms with van der Waals surface area (Å²) in [6.45, 7) is 6.82. The molecule has 8 heteroatoms. The summed E-state index contributed by atoms with van der Waals surface area (Å²) in [4.78, 5) is 13.7. The van der Waals surface area contributed by atoms with Crippen molar-refractivity contribution >= 4 is 11.6 Å². The van der Waals surface area contributed by atoms with Gasteiger partial charge in [-0.1, -0.05) is 18.2 Å². The summed E-state index contributed by atoms with van der Waals surface area (Å²) in [7, 11) is 3.43. The quantitative estimate of drug-likeness (QED) is 0.422. The Hall–Kier alpha value is -2.81. The molecule has 2 N–H and O–H groups in total. The van der Waals surface area contributed by atoms with Crippen LogP contribution >= 0.6 is 0 Å². The zero-order valence-corrected chi connectivity index (χ0v) is 22.3. The molecule has 0 spiro atoms. The lowest BCUT2D eigenvalue weighted by atomic mass is 9.83. The van der Waals surface area contributed by atoms with Gasteiger partial charge in [0.15, 0.2) is 0 Å². The van der Waals surface area contributed by atoms with Gasteiger partial charge < -0.3 is 34.5 Å². The second kappa shape index (κ2) is 13.7. The zero-order chi connectivity index (χ0) is 26.0. The van der Waals surface area contributed by atoms with Crippen LogP contribution in [0.1, 0.15) is 43.2 Å². The van der Waals surface area contributed by atoms with Gasteiger partial charge in [0.2, 0.25) is 5.91 Å². The summed E-state index contributed by atoms with van der Waals surface area (Å²) in [6, 6.07) is 15.0. The number of carbonyl (C=O) groups is 1. The number of ether oxygens (including phenoxy) is 4. The van der Waals surface area contributed by atoms with Crippen molar-refractivity contribution in [3.05, 3.63) is 53.6 Å². The minimum absolute atomic E-state index is 0.0106. The van der Waals surface area contributed by atoms with Gasteiger partial charge in [-0.2, -0.15) is 0 Å². The van der Waals surface area contributed by atoms with Gasteiger partial charge in [0.1, 0.15) is 18.1 Å². The molecule has 1 saturated heterocycles. The zero-order valence-electron chi connectivity index (χ0n) is 22.3. The highest BCUT2D eigenvalue weighted by molar-refractivity contribution is 5.72. The van der Waals surface area contributed by atoms with Crippen molar-refractivity contribution in [3.63, 3.8) is 0 Å². The van der Waals surface area contributed by atoms with Crippen LogP contribution < -0.4 is 25.0 Å². The fourth-order valence-corrected chi connectivity index (χ4v) is 5.23. The number of piperidine rings is 1. The summed E-state index contributed by atoms with van der Waals surface area (Å²) in [5, 5.41) is 6.56. The van der Waals surface area contributed by atoms with Gasteiger partial charge in [-0.25, -0.2) is 0 Å². The first kappa shape index (κ1) is 27.2. The van der Waals surface area contributed by atoms with Crippen molar-refractivity contribution in [3.8, 4) is 11.5 Å². The molecule has 37 heavy (non-hydrogen) atoms. The molecular weight excluding hydrogens is 470 g/mol. The first-order chi connectivity index (χ1) is 18.1. The van der Waals surface area contributed by atoms with E-state index in [9.17, 15) is 4.79 Å². The van der Waals surface area contributed by atoms with Crippen LogP contribution in [-0.2, 0) is 20.9 Å². The van der Waals surface area contributed by atoms with Crippen LogP contribution in [0.2, 0.25) is 0 Å². The molecule has 0 saturated carbocycles. The fourth-order valence-electron chi connectivity index (χ4n) is 5.23. The fraction of sp³-hybridized carbons (Fsp3) is 0.552. The highest BCUT2D eigenvalue weighted by Gasteiger charge is 2.32. The number of hydrogen-bond acceptors (Lipinski definition) is 7. The van der Waals surface area contributed by atoms with E-state index < -0.39 is 0 Å². The summed E-state index contributed by atoms with van der Waals surface area (Å²) >= 11 is 0. The van der Waals surface area contributed by atoms with Gasteiger partial charge in [0.25, 0.3) is 0 Å². The molecule has 1 amide bonds. The maximum atomic E-state index is 11.3. The average molecular weight is 512 g/mol. The molecule has 0 unspecified atom stereocenters. The van der Waals surface area contributed by atoms with Crippen LogP contribution in [0.4, 0.5) is 5.69 Å². The first-order valence-corrected chi connectivity index (χ1v) is 13.3. The Morgan fingerprint density at radius 1 is 1.19 bits per heavy atom. The Morgan fingerprint density at radius 3 is 2.78 bits per heavy atom. The molecule has 1 fully saturated rings. The standard InChI is InChI=1S/C29H41N3O5/c1-21(33)30-12-11-24-18-26(23-6-8-25(35-3)9-7-23)29(19-31-24)37-20-22-5-10-28-27(17-22)32(14-16-36-28)13-4-15-34-2/h5-10,17,24,26,29,31H,4,11-16,18-20H2,1-3H3,(H,30,33)/t24-,26+,29-/m0/s1. The lowest BCUT2D eigenvalue weighted by Crippen LogP contribution is -2.48. The second-order valence-corrected chi connectivity index (χ2v) is 9.83. The normalized spacial score (nSPS) is 21.2. The third-order valence-electron chi connectivity index (χ3n) is 7.23. The summed E-state index contributed by atoms with van der Waals surface area (Å²) in [5.74, 6) is 2.05. The number of nitrogens with zero attached hydrogens (tertiary/aromatic N) is 1. The maximum Gasteiger partial charge on any atom is 0.216 e. The Bertz CT molecular complexity index is 1000. The molecule has 2 aromatic rings. The molecule has 4 rings (SSSR count). The molecule has 8 nitrogen and oxygen atoms in total. The lowest BCUT2D eigenvalue weighted by molar-refractivity contribution is -0.119. The number of benzene rings is 2. The molecule has 0 radical (unpaired) electrons. The smallest absolute Gasteiger partial charge is 0.216 e. The van der Waals surface area contributed by atoms with Crippen molar-refractivity contribution in [2.24, 2.45) is 0 Å². The molecule has 0 bridgehead atoms. The topological polar surface area (TPSA) is 81.3 Å². The van der Waals surface area contributed by atoms with Crippen LogP contribution in [0.3, 0.4) is 0 Å². The number of nitrogens with one attached hydrogen (secondary N) is 2. The molecule has 0 aliphatic carbocycles. The number of fused-ring (bicyclic) bond motifs is 1. The number of anilines is 1. The van der Waals surface area contributed by atoms with Crippen molar-refractivity contribution in [2.75, 3.05) is 58.5 Å². The summed E-state index contributed by atoms with van der Waals surface area (Å²) < 4.78 is 23.1. The number of hydrogen-bond donors (Lipinski definition) is 2. The first-order valence-electron chi connectivity index (χ1n) is 13.3. The van der Waals surface area contributed by atoms with E-state index in [1.807, 2.05) is 12.1 Å². The SMILES string of the molecule is COCCCN1CCOc2ccc(CO[C@H]3CN[C@@H](CCNC(C)=O)C[C@@H]3c3ccc(OC)cc3)cc21. The predicted molar refractivity (Wildman–Crippen MR) is 145 cm³/mol. The van der Waals surface area contributed by atoms with Gasteiger partial charge in [0, 0.05) is 52.2 Å². The van der Waals surface area contributed by atoms with Crippen LogP contribution in [0, 0.1) is 0 Å². The van der Waals surface area contributed by atoms with E-state index in [1.54, 1.807) is 21.1 Å². The molecule has 3 atom stereocenters. The largest absolute Gasteiger partial charge is 0.497 e. The van der Waals surface area contributed by atoms with E-state index >= 15 is 0 Å². The predicted octanol–water partition coefficient (Wildman–Crippen LogP) is 3.49.